The molecule has 1 amide bonds. The highest BCUT2D eigenvalue weighted by atomic mass is 32.2. The molecule has 0 spiro atoms. The molecular weight excluding hydrogens is 307 g/mol. The zero-order chi connectivity index (χ0) is 16.0. The van der Waals surface area contributed by atoms with Gasteiger partial charge in [0.1, 0.15) is 5.82 Å². The Hall–Kier alpha value is -2.25. The molecule has 2 aromatic rings. The van der Waals surface area contributed by atoms with Crippen molar-refractivity contribution in [2.24, 2.45) is 0 Å². The van der Waals surface area contributed by atoms with Gasteiger partial charge in [0.25, 0.3) is 0 Å². The highest BCUT2D eigenvalue weighted by Gasteiger charge is 2.13. The lowest BCUT2D eigenvalue weighted by Crippen LogP contribution is -2.33. The summed E-state index contributed by atoms with van der Waals surface area (Å²) in [6.45, 7) is -0.382. The largest absolute Gasteiger partial charge is 0.325 e. The molecule has 116 valence electrons. The van der Waals surface area contributed by atoms with Crippen molar-refractivity contribution in [3.63, 3.8) is 0 Å². The molecule has 5 nitrogen and oxygen atoms in total. The van der Waals surface area contributed by atoms with E-state index >= 15 is 0 Å². The lowest BCUT2D eigenvalue weighted by molar-refractivity contribution is -0.115. The molecule has 0 heterocycles. The van der Waals surface area contributed by atoms with Crippen LogP contribution in [-0.4, -0.2) is 20.9 Å². The van der Waals surface area contributed by atoms with Crippen molar-refractivity contribution >= 4 is 21.6 Å². The smallest absolute Gasteiger partial charge is 0.239 e. The molecule has 0 aliphatic rings. The van der Waals surface area contributed by atoms with Crippen molar-refractivity contribution in [3.05, 3.63) is 66.0 Å². The van der Waals surface area contributed by atoms with E-state index in [4.69, 9.17) is 0 Å². The van der Waals surface area contributed by atoms with Crippen LogP contribution in [0.3, 0.4) is 0 Å². The second-order valence-electron chi connectivity index (χ2n) is 4.62. The molecule has 22 heavy (non-hydrogen) atoms. The first-order chi connectivity index (χ1) is 10.4. The minimum atomic E-state index is -3.60. The van der Waals surface area contributed by atoms with Crippen LogP contribution in [0.15, 0.2) is 54.6 Å². The fraction of sp³-hybridized carbons (Fsp3) is 0.133. The van der Waals surface area contributed by atoms with Crippen molar-refractivity contribution < 1.29 is 17.6 Å². The summed E-state index contributed by atoms with van der Waals surface area (Å²) in [7, 11) is -3.60. The van der Waals surface area contributed by atoms with Gasteiger partial charge in [-0.25, -0.2) is 17.5 Å². The summed E-state index contributed by atoms with van der Waals surface area (Å²) in [4.78, 5) is 11.7. The van der Waals surface area contributed by atoms with Crippen LogP contribution < -0.4 is 10.0 Å². The lowest BCUT2D eigenvalue weighted by Gasteiger charge is -2.08. The highest BCUT2D eigenvalue weighted by Crippen LogP contribution is 2.08. The third-order valence-electron chi connectivity index (χ3n) is 2.78. The summed E-state index contributed by atoms with van der Waals surface area (Å²) >= 11 is 0. The first-order valence-corrected chi connectivity index (χ1v) is 8.16. The molecule has 0 bridgehead atoms. The predicted octanol–water partition coefficient (Wildman–Crippen LogP) is 1.88. The Morgan fingerprint density at radius 2 is 1.64 bits per heavy atom. The number of carbonyl (C=O) groups excluding carboxylic acids is 1. The van der Waals surface area contributed by atoms with Gasteiger partial charge in [0.15, 0.2) is 0 Å². The van der Waals surface area contributed by atoms with E-state index in [1.165, 1.54) is 24.3 Å². The average Bonchev–Trinajstić information content (AvgIpc) is 2.48. The van der Waals surface area contributed by atoms with Crippen molar-refractivity contribution in [3.8, 4) is 0 Å². The van der Waals surface area contributed by atoms with E-state index in [-0.39, 0.29) is 12.3 Å². The van der Waals surface area contributed by atoms with Crippen LogP contribution in [0, 0.1) is 5.82 Å². The third-order valence-corrected chi connectivity index (χ3v) is 4.08. The number of halogens is 1. The van der Waals surface area contributed by atoms with Gasteiger partial charge in [-0.3, -0.25) is 4.79 Å². The maximum atomic E-state index is 12.7. The number of sulfonamides is 1. The Morgan fingerprint density at radius 1 is 1.00 bits per heavy atom. The van der Waals surface area contributed by atoms with Gasteiger partial charge in [-0.2, -0.15) is 0 Å². The molecule has 0 unspecified atom stereocenters. The maximum Gasteiger partial charge on any atom is 0.239 e. The van der Waals surface area contributed by atoms with E-state index in [1.54, 1.807) is 30.3 Å². The minimum absolute atomic E-state index is 0.197. The normalized spacial score (nSPS) is 11.1. The van der Waals surface area contributed by atoms with Gasteiger partial charge in [0, 0.05) is 5.69 Å². The Balaban J connectivity index is 1.86. The van der Waals surface area contributed by atoms with Crippen molar-refractivity contribution in [2.75, 3.05) is 11.9 Å². The summed E-state index contributed by atoms with van der Waals surface area (Å²) < 4.78 is 38.7. The quantitative estimate of drug-likeness (QED) is 0.853. The molecule has 0 aromatic heterocycles. The van der Waals surface area contributed by atoms with Gasteiger partial charge in [-0.05, 0) is 29.8 Å². The summed E-state index contributed by atoms with van der Waals surface area (Å²) in [5.41, 5.74) is 1.03. The number of nitrogens with one attached hydrogen (secondary N) is 2. The van der Waals surface area contributed by atoms with Crippen LogP contribution in [0.5, 0.6) is 0 Å². The molecular formula is C15H15FN2O3S. The Labute approximate surface area is 128 Å². The van der Waals surface area contributed by atoms with Gasteiger partial charge in [0.2, 0.25) is 15.9 Å². The average molecular weight is 322 g/mol. The van der Waals surface area contributed by atoms with E-state index in [0.29, 0.717) is 11.3 Å². The molecule has 7 heteroatoms. The van der Waals surface area contributed by atoms with Crippen LogP contribution in [0.2, 0.25) is 0 Å². The Kier molecular flexibility index (Phi) is 5.24. The second kappa shape index (κ2) is 7.15. The molecule has 0 aliphatic heterocycles. The fourth-order valence-corrected chi connectivity index (χ4v) is 2.84. The van der Waals surface area contributed by atoms with Crippen molar-refractivity contribution in [1.82, 2.24) is 4.72 Å². The molecule has 0 saturated heterocycles. The van der Waals surface area contributed by atoms with Gasteiger partial charge in [0.05, 0.1) is 12.3 Å². The fourth-order valence-electron chi connectivity index (χ4n) is 1.76. The lowest BCUT2D eigenvalue weighted by atomic mass is 10.2. The number of rotatable bonds is 6. The van der Waals surface area contributed by atoms with Crippen molar-refractivity contribution in [1.29, 1.82) is 0 Å². The Bertz CT molecular complexity index is 731. The van der Waals surface area contributed by atoms with Crippen molar-refractivity contribution in [2.45, 2.75) is 5.75 Å². The molecule has 0 aliphatic carbocycles. The standard InChI is InChI=1S/C15H15FN2O3S/c16-13-6-8-14(9-7-13)18-15(19)10-17-22(20,21)11-12-4-2-1-3-5-12/h1-9,17H,10-11H2,(H,18,19). The maximum absolute atomic E-state index is 12.7. The first kappa shape index (κ1) is 16.1. The molecule has 0 fully saturated rings. The molecule has 2 N–H and O–H groups in total. The summed E-state index contributed by atoms with van der Waals surface area (Å²) in [6.07, 6.45) is 0. The van der Waals surface area contributed by atoms with Gasteiger partial charge in [-0.1, -0.05) is 30.3 Å². The molecule has 0 atom stereocenters. The van der Waals surface area contributed by atoms with E-state index in [9.17, 15) is 17.6 Å². The van der Waals surface area contributed by atoms with E-state index < -0.39 is 21.7 Å². The second-order valence-corrected chi connectivity index (χ2v) is 6.43. The molecule has 2 aromatic carbocycles. The molecule has 0 saturated carbocycles. The number of amides is 1. The third kappa shape index (κ3) is 5.27. The molecule has 0 radical (unpaired) electrons. The van der Waals surface area contributed by atoms with Crippen LogP contribution in [0.1, 0.15) is 5.56 Å². The van der Waals surface area contributed by atoms with Crippen LogP contribution >= 0.6 is 0 Å². The van der Waals surface area contributed by atoms with Gasteiger partial charge >= 0.3 is 0 Å². The monoisotopic (exact) mass is 322 g/mol. The van der Waals surface area contributed by atoms with Crippen LogP contribution in [-0.2, 0) is 20.6 Å². The topological polar surface area (TPSA) is 75.3 Å². The summed E-state index contributed by atoms with van der Waals surface area (Å²) in [6, 6.07) is 13.9. The highest BCUT2D eigenvalue weighted by molar-refractivity contribution is 7.88. The number of hydrogen-bond acceptors (Lipinski definition) is 3. The van der Waals surface area contributed by atoms with Crippen LogP contribution in [0.25, 0.3) is 0 Å². The van der Waals surface area contributed by atoms with Crippen LogP contribution in [0.4, 0.5) is 10.1 Å². The van der Waals surface area contributed by atoms with Gasteiger partial charge < -0.3 is 5.32 Å². The summed E-state index contributed by atoms with van der Waals surface area (Å²) in [5.74, 6) is -1.14. The number of carbonyl (C=O) groups is 1. The van der Waals surface area contributed by atoms with E-state index in [2.05, 4.69) is 10.0 Å². The zero-order valence-electron chi connectivity index (χ0n) is 11.6. The SMILES string of the molecule is O=C(CNS(=O)(=O)Cc1ccccc1)Nc1ccc(F)cc1. The Morgan fingerprint density at radius 3 is 2.27 bits per heavy atom. The number of hydrogen-bond donors (Lipinski definition) is 2. The van der Waals surface area contributed by atoms with E-state index in [0.717, 1.165) is 0 Å². The molecule has 2 rings (SSSR count). The van der Waals surface area contributed by atoms with Gasteiger partial charge in [-0.15, -0.1) is 0 Å². The minimum Gasteiger partial charge on any atom is -0.325 e. The first-order valence-electron chi connectivity index (χ1n) is 6.51. The zero-order valence-corrected chi connectivity index (χ0v) is 12.4. The number of benzene rings is 2. The summed E-state index contributed by atoms with van der Waals surface area (Å²) in [5, 5.41) is 2.47. The van der Waals surface area contributed by atoms with E-state index in [1.807, 2.05) is 0 Å². The number of anilines is 1. The predicted molar refractivity (Wildman–Crippen MR) is 82.1 cm³/mol.